The molecule has 0 atom stereocenters. The van der Waals surface area contributed by atoms with Crippen molar-refractivity contribution in [2.45, 2.75) is 32.6 Å². The minimum Gasteiger partial charge on any atom is -0.477 e. The lowest BCUT2D eigenvalue weighted by molar-refractivity contribution is -0.137. The highest BCUT2D eigenvalue weighted by molar-refractivity contribution is 5.92. The maximum atomic E-state index is 11.9. The molecule has 1 amide bonds. The summed E-state index contributed by atoms with van der Waals surface area (Å²) in [5, 5.41) is 9.01. The van der Waals surface area contributed by atoms with E-state index in [4.69, 9.17) is 14.6 Å². The Morgan fingerprint density at radius 2 is 2.04 bits per heavy atom. The number of hydrogen-bond donors (Lipinski definition) is 1. The molecule has 1 saturated heterocycles. The summed E-state index contributed by atoms with van der Waals surface area (Å²) < 4.78 is 10.9. The number of allylic oxidation sites excluding steroid dienone is 1. The molecule has 146 valence electrons. The van der Waals surface area contributed by atoms with Crippen LogP contribution < -0.4 is 4.74 Å². The first-order valence-electron chi connectivity index (χ1n) is 9.52. The number of amides is 1. The van der Waals surface area contributed by atoms with Gasteiger partial charge in [-0.3, -0.25) is 0 Å². The van der Waals surface area contributed by atoms with Crippen molar-refractivity contribution >= 4 is 17.6 Å². The van der Waals surface area contributed by atoms with Crippen LogP contribution in [0.3, 0.4) is 0 Å². The van der Waals surface area contributed by atoms with Crippen LogP contribution in [0.5, 0.6) is 5.88 Å². The number of nitrogens with zero attached hydrogens (tertiary/aromatic N) is 2. The highest BCUT2D eigenvalue weighted by atomic mass is 16.5. The molecular formula is C20H26N2O5. The van der Waals surface area contributed by atoms with E-state index in [0.717, 1.165) is 36.8 Å². The molecule has 0 radical (unpaired) electrons. The zero-order valence-corrected chi connectivity index (χ0v) is 15.6. The molecule has 1 aromatic rings. The molecule has 27 heavy (non-hydrogen) atoms. The summed E-state index contributed by atoms with van der Waals surface area (Å²) in [5.41, 5.74) is 1.92. The lowest BCUT2D eigenvalue weighted by atomic mass is 9.98. The molecule has 7 heteroatoms. The highest BCUT2D eigenvalue weighted by Gasteiger charge is 2.28. The van der Waals surface area contributed by atoms with Crippen LogP contribution in [0.2, 0.25) is 0 Å². The number of hydrogen-bond acceptors (Lipinski definition) is 5. The number of carbonyl (C=O) groups is 2. The van der Waals surface area contributed by atoms with Gasteiger partial charge >= 0.3 is 12.1 Å². The number of likely N-dealkylation sites (tertiary alicyclic amines) is 1. The SMILES string of the molecule is CCOC(=O)/C=C(\c1ccnc(OCC2CCN(C(=O)O)CC2)c1)C1CC1. The molecular weight excluding hydrogens is 348 g/mol. The summed E-state index contributed by atoms with van der Waals surface area (Å²) in [6.45, 7) is 3.76. The molecule has 2 fully saturated rings. The van der Waals surface area contributed by atoms with Crippen LogP contribution in [0.15, 0.2) is 24.4 Å². The Hall–Kier alpha value is -2.57. The predicted octanol–water partition coefficient (Wildman–Crippen LogP) is 3.21. The third-order valence-electron chi connectivity index (χ3n) is 5.00. The van der Waals surface area contributed by atoms with Crippen molar-refractivity contribution in [3.05, 3.63) is 30.0 Å². The van der Waals surface area contributed by atoms with Crippen LogP contribution in [0.25, 0.3) is 5.57 Å². The molecule has 0 spiro atoms. The van der Waals surface area contributed by atoms with Crippen molar-refractivity contribution in [2.24, 2.45) is 11.8 Å². The summed E-state index contributed by atoms with van der Waals surface area (Å²) in [6.07, 6.45) is 6.16. The van der Waals surface area contributed by atoms with Crippen LogP contribution in [0.1, 0.15) is 38.2 Å². The Bertz CT molecular complexity index is 706. The number of rotatable bonds is 7. The number of esters is 1. The number of piperidine rings is 1. The predicted molar refractivity (Wildman–Crippen MR) is 99.4 cm³/mol. The number of aromatic nitrogens is 1. The number of pyridine rings is 1. The fourth-order valence-corrected chi connectivity index (χ4v) is 3.30. The van der Waals surface area contributed by atoms with Gasteiger partial charge in [-0.15, -0.1) is 0 Å². The fourth-order valence-electron chi connectivity index (χ4n) is 3.30. The van der Waals surface area contributed by atoms with Gasteiger partial charge in [0.1, 0.15) is 0 Å². The molecule has 3 rings (SSSR count). The molecule has 1 aromatic heterocycles. The standard InChI is InChI=1S/C20H26N2O5/c1-2-26-19(23)12-17(15-3-4-15)16-5-8-21-18(11-16)27-13-14-6-9-22(10-7-14)20(24)25/h5,8,11-12,14-15H,2-4,6-7,9-10,13H2,1H3,(H,24,25)/b17-12-. The van der Waals surface area contributed by atoms with Gasteiger partial charge in [-0.25, -0.2) is 14.6 Å². The minimum absolute atomic E-state index is 0.316. The van der Waals surface area contributed by atoms with E-state index in [1.54, 1.807) is 19.2 Å². The summed E-state index contributed by atoms with van der Waals surface area (Å²) >= 11 is 0. The van der Waals surface area contributed by atoms with Gasteiger partial charge in [-0.1, -0.05) is 0 Å². The first-order valence-corrected chi connectivity index (χ1v) is 9.52. The van der Waals surface area contributed by atoms with Crippen LogP contribution in [0, 0.1) is 11.8 Å². The second-order valence-electron chi connectivity index (χ2n) is 7.03. The van der Waals surface area contributed by atoms with E-state index in [-0.39, 0.29) is 5.97 Å². The average Bonchev–Trinajstić information content (AvgIpc) is 3.50. The Kier molecular flexibility index (Phi) is 6.32. The minimum atomic E-state index is -0.857. The average molecular weight is 374 g/mol. The van der Waals surface area contributed by atoms with E-state index in [0.29, 0.717) is 44.0 Å². The zero-order valence-electron chi connectivity index (χ0n) is 15.6. The normalized spacial score (nSPS) is 18.3. The second-order valence-corrected chi connectivity index (χ2v) is 7.03. The van der Waals surface area contributed by atoms with Crippen molar-refractivity contribution < 1.29 is 24.2 Å². The largest absolute Gasteiger partial charge is 0.477 e. The van der Waals surface area contributed by atoms with E-state index >= 15 is 0 Å². The molecule has 0 aromatic carbocycles. The van der Waals surface area contributed by atoms with Gasteiger partial charge in [-0.05, 0) is 61.6 Å². The van der Waals surface area contributed by atoms with Crippen molar-refractivity contribution in [2.75, 3.05) is 26.3 Å². The molecule has 0 unspecified atom stereocenters. The Morgan fingerprint density at radius 3 is 2.67 bits per heavy atom. The number of ether oxygens (including phenoxy) is 2. The van der Waals surface area contributed by atoms with Gasteiger partial charge in [0.2, 0.25) is 5.88 Å². The zero-order chi connectivity index (χ0) is 19.2. The first kappa shape index (κ1) is 19.2. The highest BCUT2D eigenvalue weighted by Crippen LogP contribution is 2.42. The maximum absolute atomic E-state index is 11.9. The van der Waals surface area contributed by atoms with Crippen molar-refractivity contribution in [1.82, 2.24) is 9.88 Å². The third-order valence-corrected chi connectivity index (χ3v) is 5.00. The van der Waals surface area contributed by atoms with Gasteiger partial charge in [0.05, 0.1) is 13.2 Å². The topological polar surface area (TPSA) is 89.0 Å². The van der Waals surface area contributed by atoms with Crippen LogP contribution in [-0.2, 0) is 9.53 Å². The Labute approximate surface area is 159 Å². The van der Waals surface area contributed by atoms with Crippen LogP contribution in [0.4, 0.5) is 4.79 Å². The smallest absolute Gasteiger partial charge is 0.407 e. The van der Waals surface area contributed by atoms with Crippen molar-refractivity contribution in [3.63, 3.8) is 0 Å². The second kappa shape index (κ2) is 8.88. The third kappa shape index (κ3) is 5.45. The van der Waals surface area contributed by atoms with Gasteiger partial charge < -0.3 is 19.5 Å². The molecule has 1 aliphatic carbocycles. The number of carbonyl (C=O) groups excluding carboxylic acids is 1. The molecule has 7 nitrogen and oxygen atoms in total. The number of carboxylic acid groups (broad SMARTS) is 1. The van der Waals surface area contributed by atoms with E-state index in [2.05, 4.69) is 4.98 Å². The Morgan fingerprint density at radius 1 is 1.30 bits per heavy atom. The Balaban J connectivity index is 1.60. The first-order chi connectivity index (χ1) is 13.1. The van der Waals surface area contributed by atoms with Gasteiger partial charge in [-0.2, -0.15) is 0 Å². The van der Waals surface area contributed by atoms with E-state index in [9.17, 15) is 9.59 Å². The molecule has 0 bridgehead atoms. The van der Waals surface area contributed by atoms with Crippen LogP contribution in [-0.4, -0.2) is 53.4 Å². The van der Waals surface area contributed by atoms with E-state index in [1.165, 1.54) is 4.90 Å². The molecule has 1 N–H and O–H groups in total. The quantitative estimate of drug-likeness (QED) is 0.582. The van der Waals surface area contributed by atoms with Crippen LogP contribution >= 0.6 is 0 Å². The van der Waals surface area contributed by atoms with E-state index < -0.39 is 6.09 Å². The summed E-state index contributed by atoms with van der Waals surface area (Å²) in [7, 11) is 0. The molecule has 2 aliphatic rings. The summed E-state index contributed by atoms with van der Waals surface area (Å²) in [4.78, 5) is 28.5. The van der Waals surface area contributed by atoms with Crippen molar-refractivity contribution in [3.8, 4) is 5.88 Å². The molecule has 1 aliphatic heterocycles. The van der Waals surface area contributed by atoms with Gasteiger partial charge in [0.25, 0.3) is 0 Å². The van der Waals surface area contributed by atoms with Gasteiger partial charge in [0.15, 0.2) is 0 Å². The lowest BCUT2D eigenvalue weighted by Crippen LogP contribution is -2.38. The summed E-state index contributed by atoms with van der Waals surface area (Å²) in [5.74, 6) is 0.932. The molecule has 2 heterocycles. The lowest BCUT2D eigenvalue weighted by Gasteiger charge is -2.29. The van der Waals surface area contributed by atoms with Crippen molar-refractivity contribution in [1.29, 1.82) is 0 Å². The fraction of sp³-hybridized carbons (Fsp3) is 0.550. The van der Waals surface area contributed by atoms with E-state index in [1.807, 2.05) is 12.1 Å². The maximum Gasteiger partial charge on any atom is 0.407 e. The summed E-state index contributed by atoms with van der Waals surface area (Å²) in [6, 6.07) is 3.76. The molecule has 1 saturated carbocycles. The van der Waals surface area contributed by atoms with Gasteiger partial charge in [0, 0.05) is 31.4 Å². The monoisotopic (exact) mass is 374 g/mol.